The van der Waals surface area contributed by atoms with Crippen molar-refractivity contribution in [2.45, 2.75) is 59.1 Å². The lowest BCUT2D eigenvalue weighted by Gasteiger charge is -2.24. The minimum absolute atomic E-state index is 0.00454. The van der Waals surface area contributed by atoms with Crippen LogP contribution >= 0.6 is 0 Å². The van der Waals surface area contributed by atoms with Crippen molar-refractivity contribution in [1.82, 2.24) is 5.32 Å². The highest BCUT2D eigenvalue weighted by atomic mass is 16.5. The lowest BCUT2D eigenvalue weighted by atomic mass is 9.97. The van der Waals surface area contributed by atoms with Gasteiger partial charge < -0.3 is 10.1 Å². The molecular formula is C23H31NO2. The van der Waals surface area contributed by atoms with Gasteiger partial charge in [0.05, 0.1) is 6.04 Å². The van der Waals surface area contributed by atoms with Crippen molar-refractivity contribution in [3.63, 3.8) is 0 Å². The Hall–Kier alpha value is -2.29. The number of benzene rings is 2. The van der Waals surface area contributed by atoms with Gasteiger partial charge in [0, 0.05) is 0 Å². The van der Waals surface area contributed by atoms with Crippen molar-refractivity contribution < 1.29 is 9.53 Å². The van der Waals surface area contributed by atoms with E-state index in [1.165, 1.54) is 0 Å². The molecule has 0 heterocycles. The normalized spacial score (nSPS) is 13.5. The smallest absolute Gasteiger partial charge is 0.261 e. The van der Waals surface area contributed by atoms with E-state index in [1.54, 1.807) is 0 Å². The maximum atomic E-state index is 12.8. The van der Waals surface area contributed by atoms with Crippen LogP contribution in [0.4, 0.5) is 0 Å². The van der Waals surface area contributed by atoms with Gasteiger partial charge in [0.2, 0.25) is 0 Å². The molecule has 2 atom stereocenters. The zero-order chi connectivity index (χ0) is 19.1. The molecule has 0 fully saturated rings. The van der Waals surface area contributed by atoms with Crippen LogP contribution in [0, 0.1) is 5.92 Å². The average Bonchev–Trinajstić information content (AvgIpc) is 2.61. The molecule has 0 aliphatic heterocycles. The average molecular weight is 354 g/mol. The molecule has 0 bridgehead atoms. The highest BCUT2D eigenvalue weighted by molar-refractivity contribution is 5.81. The van der Waals surface area contributed by atoms with Crippen LogP contribution in [-0.2, 0) is 4.79 Å². The monoisotopic (exact) mass is 353 g/mol. The summed E-state index contributed by atoms with van der Waals surface area (Å²) < 4.78 is 6.00. The Kier molecular flexibility index (Phi) is 7.26. The molecule has 3 heteroatoms. The molecule has 3 nitrogen and oxygen atoms in total. The van der Waals surface area contributed by atoms with Crippen molar-refractivity contribution in [2.75, 3.05) is 0 Å². The number of nitrogens with one attached hydrogen (secondary N) is 1. The first-order valence-electron chi connectivity index (χ1n) is 9.49. The number of carbonyl (C=O) groups excluding carboxylic acids is 1. The lowest BCUT2D eigenvalue weighted by Crippen LogP contribution is -2.39. The van der Waals surface area contributed by atoms with E-state index in [0.717, 1.165) is 23.3 Å². The molecule has 0 saturated heterocycles. The Bertz CT molecular complexity index is 694. The third-order valence-electron chi connectivity index (χ3n) is 4.44. The molecule has 0 aromatic heterocycles. The number of carbonyl (C=O) groups is 1. The maximum Gasteiger partial charge on any atom is 0.261 e. The molecule has 2 aromatic carbocycles. The third-order valence-corrected chi connectivity index (χ3v) is 4.44. The van der Waals surface area contributed by atoms with E-state index in [1.807, 2.05) is 43.3 Å². The first kappa shape index (κ1) is 20.0. The van der Waals surface area contributed by atoms with E-state index in [9.17, 15) is 4.79 Å². The van der Waals surface area contributed by atoms with Crippen molar-refractivity contribution >= 4 is 5.91 Å². The molecule has 26 heavy (non-hydrogen) atoms. The second kappa shape index (κ2) is 9.42. The summed E-state index contributed by atoms with van der Waals surface area (Å²) in [6.45, 7) is 10.4. The number of amides is 1. The minimum Gasteiger partial charge on any atom is -0.481 e. The quantitative estimate of drug-likeness (QED) is 0.682. The second-order valence-electron chi connectivity index (χ2n) is 7.55. The summed E-state index contributed by atoms with van der Waals surface area (Å²) in [6, 6.07) is 18.1. The van der Waals surface area contributed by atoms with E-state index in [-0.39, 0.29) is 11.9 Å². The van der Waals surface area contributed by atoms with Gasteiger partial charge in [-0.3, -0.25) is 4.79 Å². The van der Waals surface area contributed by atoms with Crippen LogP contribution in [0.3, 0.4) is 0 Å². The van der Waals surface area contributed by atoms with Crippen LogP contribution in [-0.4, -0.2) is 12.0 Å². The molecule has 0 radical (unpaired) electrons. The Labute approximate surface area is 157 Å². The van der Waals surface area contributed by atoms with E-state index >= 15 is 0 Å². The Balaban J connectivity index is 2.09. The highest BCUT2D eigenvalue weighted by Gasteiger charge is 2.22. The largest absolute Gasteiger partial charge is 0.481 e. The molecule has 2 unspecified atom stereocenters. The van der Waals surface area contributed by atoms with Crippen molar-refractivity contribution in [2.24, 2.45) is 5.92 Å². The fourth-order valence-electron chi connectivity index (χ4n) is 3.03. The highest BCUT2D eigenvalue weighted by Crippen LogP contribution is 2.27. The molecule has 2 aromatic rings. The summed E-state index contributed by atoms with van der Waals surface area (Å²) in [5.41, 5.74) is 2.25. The molecule has 0 saturated carbocycles. The van der Waals surface area contributed by atoms with Gasteiger partial charge >= 0.3 is 0 Å². The number of rotatable bonds is 8. The minimum atomic E-state index is -0.548. The summed E-state index contributed by atoms with van der Waals surface area (Å²) in [7, 11) is 0. The molecule has 0 aliphatic rings. The Morgan fingerprint density at radius 1 is 0.923 bits per heavy atom. The summed E-state index contributed by atoms with van der Waals surface area (Å²) in [6.07, 6.45) is 0.346. The van der Waals surface area contributed by atoms with Gasteiger partial charge in [0.25, 0.3) is 5.91 Å². The first-order chi connectivity index (χ1) is 12.4. The summed E-state index contributed by atoms with van der Waals surface area (Å²) in [4.78, 5) is 12.8. The standard InChI is InChI=1S/C23H31NO2/c1-16(2)15-21(19-11-7-6-8-12-19)24-23(25)18(5)26-22-14-10-9-13-20(22)17(3)4/h6-14,16-18,21H,15H2,1-5H3,(H,24,25). The van der Waals surface area contributed by atoms with Gasteiger partial charge in [-0.15, -0.1) is 0 Å². The predicted molar refractivity (Wildman–Crippen MR) is 107 cm³/mol. The van der Waals surface area contributed by atoms with Gasteiger partial charge in [0.1, 0.15) is 5.75 Å². The van der Waals surface area contributed by atoms with Crippen LogP contribution in [0.25, 0.3) is 0 Å². The maximum absolute atomic E-state index is 12.8. The number of ether oxygens (including phenoxy) is 1. The molecule has 0 aliphatic carbocycles. The topological polar surface area (TPSA) is 38.3 Å². The SMILES string of the molecule is CC(C)CC(NC(=O)C(C)Oc1ccccc1C(C)C)c1ccccc1. The van der Waals surface area contributed by atoms with E-state index in [2.05, 4.69) is 51.2 Å². The Morgan fingerprint density at radius 2 is 1.54 bits per heavy atom. The first-order valence-corrected chi connectivity index (χ1v) is 9.49. The van der Waals surface area contributed by atoms with Crippen LogP contribution < -0.4 is 10.1 Å². The van der Waals surface area contributed by atoms with E-state index in [4.69, 9.17) is 4.74 Å². The summed E-state index contributed by atoms with van der Waals surface area (Å²) in [5, 5.41) is 3.17. The lowest BCUT2D eigenvalue weighted by molar-refractivity contribution is -0.128. The van der Waals surface area contributed by atoms with Crippen molar-refractivity contribution in [1.29, 1.82) is 0 Å². The molecule has 2 rings (SSSR count). The predicted octanol–water partition coefficient (Wildman–Crippen LogP) is 5.48. The van der Waals surface area contributed by atoms with Crippen molar-refractivity contribution in [3.8, 4) is 5.75 Å². The van der Waals surface area contributed by atoms with Crippen LogP contribution in [0.2, 0.25) is 0 Å². The fourth-order valence-corrected chi connectivity index (χ4v) is 3.03. The van der Waals surface area contributed by atoms with Gasteiger partial charge in [0.15, 0.2) is 6.10 Å². The van der Waals surface area contributed by atoms with Gasteiger partial charge in [-0.1, -0.05) is 76.2 Å². The van der Waals surface area contributed by atoms with E-state index in [0.29, 0.717) is 11.8 Å². The molecule has 0 spiro atoms. The van der Waals surface area contributed by atoms with E-state index < -0.39 is 6.10 Å². The van der Waals surface area contributed by atoms with Crippen LogP contribution in [0.15, 0.2) is 54.6 Å². The van der Waals surface area contributed by atoms with Gasteiger partial charge in [-0.05, 0) is 42.4 Å². The van der Waals surface area contributed by atoms with Gasteiger partial charge in [-0.25, -0.2) is 0 Å². The van der Waals surface area contributed by atoms with Crippen molar-refractivity contribution in [3.05, 3.63) is 65.7 Å². The second-order valence-corrected chi connectivity index (χ2v) is 7.55. The number of para-hydroxylation sites is 1. The number of hydrogen-bond donors (Lipinski definition) is 1. The molecular weight excluding hydrogens is 322 g/mol. The Morgan fingerprint density at radius 3 is 2.15 bits per heavy atom. The molecule has 1 amide bonds. The molecule has 1 N–H and O–H groups in total. The van der Waals surface area contributed by atoms with Gasteiger partial charge in [-0.2, -0.15) is 0 Å². The number of hydrogen-bond acceptors (Lipinski definition) is 2. The summed E-state index contributed by atoms with van der Waals surface area (Å²) in [5.74, 6) is 1.53. The third kappa shape index (κ3) is 5.62. The zero-order valence-electron chi connectivity index (χ0n) is 16.5. The van der Waals surface area contributed by atoms with Crippen LogP contribution in [0.1, 0.15) is 64.1 Å². The zero-order valence-corrected chi connectivity index (χ0v) is 16.5. The summed E-state index contributed by atoms with van der Waals surface area (Å²) >= 11 is 0. The molecule has 140 valence electrons. The van der Waals surface area contributed by atoms with Crippen LogP contribution in [0.5, 0.6) is 5.75 Å². The fraction of sp³-hybridized carbons (Fsp3) is 0.435.